The van der Waals surface area contributed by atoms with Gasteiger partial charge in [-0.3, -0.25) is 29.8 Å². The summed E-state index contributed by atoms with van der Waals surface area (Å²) in [5, 5.41) is 21.7. The van der Waals surface area contributed by atoms with Gasteiger partial charge in [0.15, 0.2) is 5.78 Å². The van der Waals surface area contributed by atoms with Crippen molar-refractivity contribution in [2.45, 2.75) is 20.0 Å². The Morgan fingerprint density at radius 1 is 1.14 bits per heavy atom. The second-order valence-corrected chi connectivity index (χ2v) is 4.47. The van der Waals surface area contributed by atoms with Crippen LogP contribution in [0.25, 0.3) is 0 Å². The van der Waals surface area contributed by atoms with Gasteiger partial charge in [0, 0.05) is 12.0 Å². The minimum atomic E-state index is -2.59. The Bertz CT molecular complexity index is 628. The van der Waals surface area contributed by atoms with Gasteiger partial charge in [0.25, 0.3) is 0 Å². The zero-order valence-electron chi connectivity index (χ0n) is 11.1. The first-order valence-electron chi connectivity index (χ1n) is 5.82. The Kier molecular flexibility index (Phi) is 4.79. The summed E-state index contributed by atoms with van der Waals surface area (Å²) in [6.07, 6.45) is -2.59. The molecule has 1 rings (SSSR count). The number of hydrogen-bond donors (Lipinski definition) is 0. The average molecular weight is 298 g/mol. The number of halogens is 1. The van der Waals surface area contributed by atoms with Gasteiger partial charge in [-0.15, -0.1) is 0 Å². The maximum atomic E-state index is 13.8. The maximum Gasteiger partial charge on any atom is 0.356 e. The smallest absolute Gasteiger partial charge is 0.296 e. The quantitative estimate of drug-likeness (QED) is 0.343. The molecule has 0 saturated heterocycles. The molecule has 9 heteroatoms. The maximum absolute atomic E-state index is 13.8. The number of rotatable bonds is 6. The standard InChI is InChI=1S/C12H11FN2O6/c1-6(2)11(16)9(13)12(17)7-4-3-5-8(14(18)19)10(7)15(20)21/h3-6,9H,1-2H3. The predicted molar refractivity (Wildman–Crippen MR) is 68.8 cm³/mol. The molecule has 0 amide bonds. The summed E-state index contributed by atoms with van der Waals surface area (Å²) in [6.45, 7) is 2.73. The third-order valence-corrected chi connectivity index (χ3v) is 2.71. The van der Waals surface area contributed by atoms with Crippen molar-refractivity contribution in [3.05, 3.63) is 44.0 Å². The summed E-state index contributed by atoms with van der Waals surface area (Å²) in [5.74, 6) is -3.29. The number of carbonyl (C=O) groups excluding carboxylic acids is 2. The van der Waals surface area contributed by atoms with E-state index in [1.54, 1.807) is 0 Å². The third kappa shape index (κ3) is 3.25. The van der Waals surface area contributed by atoms with E-state index in [0.29, 0.717) is 0 Å². The number of benzene rings is 1. The molecule has 1 aromatic rings. The van der Waals surface area contributed by atoms with E-state index < -0.39 is 50.4 Å². The number of nitrogens with zero attached hydrogens (tertiary/aromatic N) is 2. The molecule has 0 heterocycles. The Morgan fingerprint density at radius 2 is 1.71 bits per heavy atom. The van der Waals surface area contributed by atoms with Gasteiger partial charge in [-0.25, -0.2) is 4.39 Å². The highest BCUT2D eigenvalue weighted by Crippen LogP contribution is 2.31. The number of hydrogen-bond acceptors (Lipinski definition) is 6. The molecule has 0 fully saturated rings. The lowest BCUT2D eigenvalue weighted by atomic mass is 9.96. The first-order chi connectivity index (χ1) is 9.68. The highest BCUT2D eigenvalue weighted by atomic mass is 19.1. The van der Waals surface area contributed by atoms with Gasteiger partial charge >= 0.3 is 11.4 Å². The van der Waals surface area contributed by atoms with Crippen molar-refractivity contribution in [1.29, 1.82) is 0 Å². The SMILES string of the molecule is CC(C)C(=O)C(F)C(=O)c1cccc([N+](=O)[O-])c1[N+](=O)[O-]. The lowest BCUT2D eigenvalue weighted by molar-refractivity contribution is -0.422. The fourth-order valence-corrected chi connectivity index (χ4v) is 1.63. The van der Waals surface area contributed by atoms with Crippen molar-refractivity contribution < 1.29 is 23.8 Å². The van der Waals surface area contributed by atoms with Crippen LogP contribution in [0.4, 0.5) is 15.8 Å². The predicted octanol–water partition coefficient (Wildman–Crippen LogP) is 2.25. The first-order valence-corrected chi connectivity index (χ1v) is 5.82. The van der Waals surface area contributed by atoms with Crippen LogP contribution in [0.15, 0.2) is 18.2 Å². The molecular weight excluding hydrogens is 287 g/mol. The Labute approximate surface area is 117 Å². The minimum Gasteiger partial charge on any atom is -0.296 e. The molecule has 0 N–H and O–H groups in total. The summed E-state index contributed by atoms with van der Waals surface area (Å²) in [7, 11) is 0. The highest BCUT2D eigenvalue weighted by Gasteiger charge is 2.37. The van der Waals surface area contributed by atoms with E-state index in [-0.39, 0.29) is 0 Å². The van der Waals surface area contributed by atoms with E-state index in [4.69, 9.17) is 0 Å². The second-order valence-electron chi connectivity index (χ2n) is 4.47. The Balaban J connectivity index is 3.40. The van der Waals surface area contributed by atoms with E-state index in [1.165, 1.54) is 13.8 Å². The molecule has 0 spiro atoms. The molecule has 0 radical (unpaired) electrons. The van der Waals surface area contributed by atoms with Crippen molar-refractivity contribution in [2.24, 2.45) is 5.92 Å². The van der Waals surface area contributed by atoms with Gasteiger partial charge in [0.2, 0.25) is 12.0 Å². The largest absolute Gasteiger partial charge is 0.356 e. The lowest BCUT2D eigenvalue weighted by Crippen LogP contribution is -2.30. The summed E-state index contributed by atoms with van der Waals surface area (Å²) < 4.78 is 13.8. The number of Topliss-reactive ketones (excluding diaryl/α,β-unsaturated/α-hetero) is 2. The summed E-state index contributed by atoms with van der Waals surface area (Å²) in [4.78, 5) is 42.8. The van der Waals surface area contributed by atoms with Crippen LogP contribution in [0.2, 0.25) is 0 Å². The molecule has 21 heavy (non-hydrogen) atoms. The van der Waals surface area contributed by atoms with Gasteiger partial charge in [-0.05, 0) is 6.07 Å². The van der Waals surface area contributed by atoms with Gasteiger partial charge in [0.1, 0.15) is 5.56 Å². The van der Waals surface area contributed by atoms with Crippen LogP contribution in [-0.2, 0) is 4.79 Å². The topological polar surface area (TPSA) is 120 Å². The van der Waals surface area contributed by atoms with Crippen molar-refractivity contribution >= 4 is 22.9 Å². The van der Waals surface area contributed by atoms with Crippen molar-refractivity contribution in [1.82, 2.24) is 0 Å². The number of ketones is 2. The van der Waals surface area contributed by atoms with E-state index >= 15 is 0 Å². The molecule has 0 aliphatic heterocycles. The number of para-hydroxylation sites is 1. The number of nitro groups is 2. The molecule has 1 aromatic carbocycles. The van der Waals surface area contributed by atoms with Crippen molar-refractivity contribution in [3.63, 3.8) is 0 Å². The molecule has 1 unspecified atom stereocenters. The third-order valence-electron chi connectivity index (χ3n) is 2.71. The van der Waals surface area contributed by atoms with E-state index in [1.807, 2.05) is 0 Å². The van der Waals surface area contributed by atoms with Crippen LogP contribution in [0.5, 0.6) is 0 Å². The fraction of sp³-hybridized carbons (Fsp3) is 0.333. The second kappa shape index (κ2) is 6.16. The zero-order valence-corrected chi connectivity index (χ0v) is 11.1. The lowest BCUT2D eigenvalue weighted by Gasteiger charge is -2.09. The Hall–Kier alpha value is -2.71. The summed E-state index contributed by atoms with van der Waals surface area (Å²) in [5.41, 5.74) is -2.85. The number of nitro benzene ring substituents is 2. The first kappa shape index (κ1) is 16.3. The van der Waals surface area contributed by atoms with Crippen LogP contribution in [0, 0.1) is 26.1 Å². The number of alkyl halides is 1. The van der Waals surface area contributed by atoms with Crippen LogP contribution in [0.1, 0.15) is 24.2 Å². The summed E-state index contributed by atoms with van der Waals surface area (Å²) in [6, 6.07) is 2.73. The molecule has 112 valence electrons. The molecule has 8 nitrogen and oxygen atoms in total. The molecular formula is C12H11FN2O6. The van der Waals surface area contributed by atoms with Crippen molar-refractivity contribution in [2.75, 3.05) is 0 Å². The molecule has 0 aromatic heterocycles. The van der Waals surface area contributed by atoms with E-state index in [0.717, 1.165) is 18.2 Å². The monoisotopic (exact) mass is 298 g/mol. The highest BCUT2D eigenvalue weighted by molar-refractivity contribution is 6.15. The van der Waals surface area contributed by atoms with Gasteiger partial charge in [-0.2, -0.15) is 0 Å². The van der Waals surface area contributed by atoms with Crippen LogP contribution in [0.3, 0.4) is 0 Å². The zero-order chi connectivity index (χ0) is 16.3. The fourth-order valence-electron chi connectivity index (χ4n) is 1.63. The molecule has 0 aliphatic rings. The van der Waals surface area contributed by atoms with Gasteiger partial charge in [-0.1, -0.05) is 19.9 Å². The molecule has 0 bridgehead atoms. The molecule has 1 atom stereocenters. The molecule has 0 aliphatic carbocycles. The van der Waals surface area contributed by atoms with Gasteiger partial charge in [0.05, 0.1) is 9.85 Å². The van der Waals surface area contributed by atoms with E-state index in [9.17, 15) is 34.2 Å². The number of carbonyl (C=O) groups is 2. The average Bonchev–Trinajstić information content (AvgIpc) is 2.43. The summed E-state index contributed by atoms with van der Waals surface area (Å²) >= 11 is 0. The van der Waals surface area contributed by atoms with Crippen LogP contribution < -0.4 is 0 Å². The van der Waals surface area contributed by atoms with Crippen LogP contribution in [-0.4, -0.2) is 27.6 Å². The normalized spacial score (nSPS) is 12.0. The van der Waals surface area contributed by atoms with Crippen LogP contribution >= 0.6 is 0 Å². The van der Waals surface area contributed by atoms with E-state index in [2.05, 4.69) is 0 Å². The van der Waals surface area contributed by atoms with Crippen molar-refractivity contribution in [3.8, 4) is 0 Å². The molecule has 0 saturated carbocycles. The minimum absolute atomic E-state index is 0.790. The van der Waals surface area contributed by atoms with Gasteiger partial charge < -0.3 is 0 Å². The Morgan fingerprint density at radius 3 is 2.14 bits per heavy atom.